The highest BCUT2D eigenvalue weighted by Crippen LogP contribution is 2.19. The quantitative estimate of drug-likeness (QED) is 0.345. The fraction of sp³-hybridized carbons (Fsp3) is 0.259. The summed E-state index contributed by atoms with van der Waals surface area (Å²) < 4.78 is 13.2. The minimum atomic E-state index is -0.0837. The number of fused-ring (bicyclic) bond motifs is 1. The van der Waals surface area contributed by atoms with E-state index in [0.717, 1.165) is 53.3 Å². The van der Waals surface area contributed by atoms with Gasteiger partial charge in [0.15, 0.2) is 0 Å². The Morgan fingerprint density at radius 2 is 1.67 bits per heavy atom. The van der Waals surface area contributed by atoms with E-state index in [1.165, 1.54) is 0 Å². The van der Waals surface area contributed by atoms with Crippen LogP contribution in [-0.4, -0.2) is 29.2 Å². The molecule has 0 fully saturated rings. The van der Waals surface area contributed by atoms with Crippen molar-refractivity contribution in [2.45, 2.75) is 32.9 Å². The van der Waals surface area contributed by atoms with Gasteiger partial charge >= 0.3 is 0 Å². The van der Waals surface area contributed by atoms with Crippen LogP contribution in [0, 0.1) is 6.92 Å². The summed E-state index contributed by atoms with van der Waals surface area (Å²) in [5, 5.41) is 3.03. The summed E-state index contributed by atoms with van der Waals surface area (Å²) in [4.78, 5) is 17.4. The number of ether oxygens (including phenoxy) is 2. The largest absolute Gasteiger partial charge is 0.497 e. The normalized spacial score (nSPS) is 10.8. The van der Waals surface area contributed by atoms with E-state index in [4.69, 9.17) is 14.5 Å². The van der Waals surface area contributed by atoms with Crippen LogP contribution in [0.3, 0.4) is 0 Å². The topological polar surface area (TPSA) is 65.4 Å². The second kappa shape index (κ2) is 10.7. The van der Waals surface area contributed by atoms with Crippen LogP contribution >= 0.6 is 0 Å². The first-order chi connectivity index (χ1) is 16.2. The monoisotopic (exact) mass is 443 g/mol. The van der Waals surface area contributed by atoms with Crippen molar-refractivity contribution in [1.29, 1.82) is 0 Å². The minimum Gasteiger partial charge on any atom is -0.497 e. The summed E-state index contributed by atoms with van der Waals surface area (Å²) in [6.07, 6.45) is 1.85. The highest BCUT2D eigenvalue weighted by Gasteiger charge is 2.13. The minimum absolute atomic E-state index is 0.0837. The lowest BCUT2D eigenvalue weighted by Crippen LogP contribution is -2.25. The Morgan fingerprint density at radius 3 is 2.45 bits per heavy atom. The Bertz CT molecular complexity index is 1220. The number of rotatable bonds is 10. The smallest absolute Gasteiger partial charge is 0.251 e. The summed E-state index contributed by atoms with van der Waals surface area (Å²) in [6, 6.07) is 23.3. The predicted octanol–water partition coefficient (Wildman–Crippen LogP) is 5.14. The van der Waals surface area contributed by atoms with Gasteiger partial charge in [-0.3, -0.25) is 4.79 Å². The molecular weight excluding hydrogens is 414 g/mol. The number of aromatic nitrogens is 2. The Morgan fingerprint density at radius 1 is 0.939 bits per heavy atom. The number of amides is 1. The van der Waals surface area contributed by atoms with Crippen molar-refractivity contribution in [3.05, 3.63) is 89.7 Å². The number of hydrogen-bond acceptors (Lipinski definition) is 4. The van der Waals surface area contributed by atoms with Gasteiger partial charge in [-0.05, 0) is 67.8 Å². The van der Waals surface area contributed by atoms with E-state index in [2.05, 4.69) is 16.0 Å². The first-order valence-corrected chi connectivity index (χ1v) is 11.2. The molecule has 6 heteroatoms. The third-order valence-corrected chi connectivity index (χ3v) is 5.63. The Hall–Kier alpha value is -3.80. The Kier molecular flexibility index (Phi) is 7.25. The van der Waals surface area contributed by atoms with Crippen molar-refractivity contribution >= 4 is 16.9 Å². The number of para-hydroxylation sites is 2. The van der Waals surface area contributed by atoms with E-state index < -0.39 is 0 Å². The van der Waals surface area contributed by atoms with Crippen LogP contribution in [0.15, 0.2) is 72.8 Å². The molecular formula is C27H29N3O3. The van der Waals surface area contributed by atoms with Gasteiger partial charge in [0.1, 0.15) is 17.3 Å². The van der Waals surface area contributed by atoms with Crippen molar-refractivity contribution in [3.8, 4) is 11.5 Å². The van der Waals surface area contributed by atoms with Gasteiger partial charge in [0, 0.05) is 12.1 Å². The number of methoxy groups -OCH3 is 1. The first-order valence-electron chi connectivity index (χ1n) is 11.2. The maximum absolute atomic E-state index is 12.7. The lowest BCUT2D eigenvalue weighted by molar-refractivity contribution is 0.0949. The summed E-state index contributed by atoms with van der Waals surface area (Å²) in [5.74, 6) is 2.42. The molecule has 4 aromatic rings. The molecule has 0 bridgehead atoms. The van der Waals surface area contributed by atoms with Crippen LogP contribution in [0.1, 0.15) is 34.6 Å². The molecule has 0 spiro atoms. The second-order valence-corrected chi connectivity index (χ2v) is 7.90. The molecule has 33 heavy (non-hydrogen) atoms. The third kappa shape index (κ3) is 5.52. The fourth-order valence-corrected chi connectivity index (χ4v) is 3.83. The molecule has 0 saturated carbocycles. The van der Waals surface area contributed by atoms with Crippen LogP contribution in [0.5, 0.6) is 11.5 Å². The lowest BCUT2D eigenvalue weighted by atomic mass is 10.1. The molecule has 1 N–H and O–H groups in total. The number of hydrogen-bond donors (Lipinski definition) is 1. The summed E-state index contributed by atoms with van der Waals surface area (Å²) in [7, 11) is 1.65. The molecule has 1 aromatic heterocycles. The number of nitrogens with zero attached hydrogens (tertiary/aromatic N) is 2. The highest BCUT2D eigenvalue weighted by atomic mass is 16.5. The number of carbonyl (C=O) groups is 1. The van der Waals surface area contributed by atoms with Gasteiger partial charge in [0.25, 0.3) is 5.91 Å². The molecule has 0 aliphatic heterocycles. The van der Waals surface area contributed by atoms with Gasteiger partial charge in [-0.2, -0.15) is 0 Å². The molecule has 0 aliphatic rings. The van der Waals surface area contributed by atoms with E-state index in [1.807, 2.05) is 73.7 Å². The molecule has 4 rings (SSSR count). The SMILES string of the molecule is COc1ccc(OCCCCn2c(CNC(=O)c3ccccc3C)nc3ccccc32)cc1. The zero-order valence-corrected chi connectivity index (χ0v) is 19.1. The molecule has 0 radical (unpaired) electrons. The van der Waals surface area contributed by atoms with E-state index in [1.54, 1.807) is 7.11 Å². The van der Waals surface area contributed by atoms with Crippen molar-refractivity contribution in [2.24, 2.45) is 0 Å². The zero-order chi connectivity index (χ0) is 23.0. The Balaban J connectivity index is 1.36. The second-order valence-electron chi connectivity index (χ2n) is 7.90. The van der Waals surface area contributed by atoms with Gasteiger partial charge in [0.2, 0.25) is 0 Å². The molecule has 6 nitrogen and oxygen atoms in total. The van der Waals surface area contributed by atoms with Gasteiger partial charge in [0.05, 0.1) is 31.3 Å². The van der Waals surface area contributed by atoms with Gasteiger partial charge < -0.3 is 19.4 Å². The summed E-state index contributed by atoms with van der Waals surface area (Å²) in [6.45, 7) is 3.77. The van der Waals surface area contributed by atoms with Crippen LogP contribution in [-0.2, 0) is 13.1 Å². The molecule has 0 atom stereocenters. The summed E-state index contributed by atoms with van der Waals surface area (Å²) >= 11 is 0. The number of unbranched alkanes of at least 4 members (excludes halogenated alkanes) is 1. The van der Waals surface area contributed by atoms with E-state index in [0.29, 0.717) is 18.7 Å². The average Bonchev–Trinajstić information content (AvgIpc) is 3.20. The van der Waals surface area contributed by atoms with E-state index in [-0.39, 0.29) is 5.91 Å². The molecule has 1 amide bonds. The highest BCUT2D eigenvalue weighted by molar-refractivity contribution is 5.95. The number of nitrogens with one attached hydrogen (secondary N) is 1. The number of carbonyl (C=O) groups excluding carboxylic acids is 1. The van der Waals surface area contributed by atoms with Crippen molar-refractivity contribution in [2.75, 3.05) is 13.7 Å². The number of benzene rings is 3. The Labute approximate surface area is 194 Å². The van der Waals surface area contributed by atoms with Crippen molar-refractivity contribution in [1.82, 2.24) is 14.9 Å². The first kappa shape index (κ1) is 22.4. The van der Waals surface area contributed by atoms with E-state index in [9.17, 15) is 4.79 Å². The average molecular weight is 444 g/mol. The predicted molar refractivity (Wildman–Crippen MR) is 130 cm³/mol. The van der Waals surface area contributed by atoms with E-state index >= 15 is 0 Å². The van der Waals surface area contributed by atoms with Crippen LogP contribution in [0.25, 0.3) is 11.0 Å². The molecule has 170 valence electrons. The molecule has 3 aromatic carbocycles. The van der Waals surface area contributed by atoms with Crippen LogP contribution < -0.4 is 14.8 Å². The number of aryl methyl sites for hydroxylation is 2. The van der Waals surface area contributed by atoms with Crippen LogP contribution in [0.2, 0.25) is 0 Å². The molecule has 0 saturated heterocycles. The zero-order valence-electron chi connectivity index (χ0n) is 19.1. The third-order valence-electron chi connectivity index (χ3n) is 5.63. The fourth-order valence-electron chi connectivity index (χ4n) is 3.83. The van der Waals surface area contributed by atoms with Crippen molar-refractivity contribution < 1.29 is 14.3 Å². The maximum atomic E-state index is 12.7. The van der Waals surface area contributed by atoms with Gasteiger partial charge in [-0.1, -0.05) is 30.3 Å². The molecule has 1 heterocycles. The van der Waals surface area contributed by atoms with Gasteiger partial charge in [-0.15, -0.1) is 0 Å². The standard InChI is InChI=1S/C27H29N3O3/c1-20-9-3-4-10-23(20)27(31)28-19-26-29-24-11-5-6-12-25(24)30(26)17-7-8-18-33-22-15-13-21(32-2)14-16-22/h3-6,9-16H,7-8,17-19H2,1-2H3,(H,28,31). The maximum Gasteiger partial charge on any atom is 0.251 e. The molecule has 0 aliphatic carbocycles. The number of imidazole rings is 1. The lowest BCUT2D eigenvalue weighted by Gasteiger charge is -2.12. The molecule has 0 unspecified atom stereocenters. The summed E-state index contributed by atoms with van der Waals surface area (Å²) in [5.41, 5.74) is 3.66. The van der Waals surface area contributed by atoms with Crippen molar-refractivity contribution in [3.63, 3.8) is 0 Å². The van der Waals surface area contributed by atoms with Crippen LogP contribution in [0.4, 0.5) is 0 Å². The van der Waals surface area contributed by atoms with Gasteiger partial charge in [-0.25, -0.2) is 4.98 Å².